The molecule has 0 fully saturated rings. The van der Waals surface area contributed by atoms with Crippen LogP contribution >= 0.6 is 22.9 Å². The fraction of sp³-hybridized carbons (Fsp3) is 0.333. The maximum absolute atomic E-state index is 12.8. The number of rotatable bonds is 5. The SMILES string of the molecule is COC(=O)c1cc(C)sc1NC(=O)c1noc(C)c1Cn1nc(C)c(Cl)c1C. The van der Waals surface area contributed by atoms with Crippen LogP contribution in [0.25, 0.3) is 0 Å². The maximum Gasteiger partial charge on any atom is 0.340 e. The van der Waals surface area contributed by atoms with Crippen LogP contribution in [-0.2, 0) is 11.3 Å². The molecule has 28 heavy (non-hydrogen) atoms. The number of thiophene rings is 1. The highest BCUT2D eigenvalue weighted by Gasteiger charge is 2.24. The van der Waals surface area contributed by atoms with Crippen molar-refractivity contribution in [2.75, 3.05) is 12.4 Å². The van der Waals surface area contributed by atoms with Crippen LogP contribution in [0.2, 0.25) is 5.02 Å². The van der Waals surface area contributed by atoms with Crippen molar-refractivity contribution in [1.29, 1.82) is 0 Å². The number of amides is 1. The zero-order valence-electron chi connectivity index (χ0n) is 16.0. The van der Waals surface area contributed by atoms with Crippen LogP contribution in [0.4, 0.5) is 5.00 Å². The fourth-order valence-corrected chi connectivity index (χ4v) is 3.80. The molecule has 8 nitrogen and oxygen atoms in total. The third-order valence-corrected chi connectivity index (χ3v) is 5.80. The second kappa shape index (κ2) is 7.76. The summed E-state index contributed by atoms with van der Waals surface area (Å²) >= 11 is 7.49. The van der Waals surface area contributed by atoms with Crippen LogP contribution in [-0.4, -0.2) is 33.9 Å². The summed E-state index contributed by atoms with van der Waals surface area (Å²) in [6.45, 7) is 7.51. The van der Waals surface area contributed by atoms with Gasteiger partial charge in [0.25, 0.3) is 5.91 Å². The Labute approximate surface area is 170 Å². The number of halogens is 1. The Morgan fingerprint density at radius 3 is 2.64 bits per heavy atom. The van der Waals surface area contributed by atoms with Gasteiger partial charge in [0, 0.05) is 10.4 Å². The van der Waals surface area contributed by atoms with E-state index in [1.807, 2.05) is 20.8 Å². The van der Waals surface area contributed by atoms with Crippen molar-refractivity contribution in [3.05, 3.63) is 49.9 Å². The molecule has 0 aliphatic carbocycles. The van der Waals surface area contributed by atoms with Crippen LogP contribution in [0.1, 0.15) is 48.4 Å². The summed E-state index contributed by atoms with van der Waals surface area (Å²) in [6.07, 6.45) is 0. The molecule has 3 heterocycles. The van der Waals surface area contributed by atoms with Gasteiger partial charge in [0.05, 0.1) is 35.6 Å². The number of esters is 1. The first-order valence-electron chi connectivity index (χ1n) is 8.37. The number of aryl methyl sites for hydroxylation is 3. The van der Waals surface area contributed by atoms with Crippen molar-refractivity contribution in [3.63, 3.8) is 0 Å². The lowest BCUT2D eigenvalue weighted by molar-refractivity contribution is 0.0602. The van der Waals surface area contributed by atoms with Gasteiger partial charge in [0.2, 0.25) is 0 Å². The molecule has 0 aromatic carbocycles. The van der Waals surface area contributed by atoms with E-state index in [2.05, 4.69) is 15.6 Å². The maximum atomic E-state index is 12.8. The van der Waals surface area contributed by atoms with Gasteiger partial charge in [-0.2, -0.15) is 5.10 Å². The van der Waals surface area contributed by atoms with E-state index in [4.69, 9.17) is 20.9 Å². The summed E-state index contributed by atoms with van der Waals surface area (Å²) in [5, 5.41) is 12.0. The molecule has 0 aliphatic rings. The molecule has 3 aromatic rings. The van der Waals surface area contributed by atoms with E-state index in [1.54, 1.807) is 17.7 Å². The van der Waals surface area contributed by atoms with Crippen LogP contribution in [0.5, 0.6) is 0 Å². The second-order valence-corrected chi connectivity index (χ2v) is 7.89. The molecular formula is C18H19ClN4O4S. The Morgan fingerprint density at radius 1 is 1.32 bits per heavy atom. The number of ether oxygens (including phenoxy) is 1. The van der Waals surface area contributed by atoms with E-state index < -0.39 is 11.9 Å². The first kappa shape index (κ1) is 20.1. The van der Waals surface area contributed by atoms with E-state index in [0.717, 1.165) is 10.6 Å². The highest BCUT2D eigenvalue weighted by molar-refractivity contribution is 7.16. The van der Waals surface area contributed by atoms with Gasteiger partial charge in [-0.1, -0.05) is 16.8 Å². The lowest BCUT2D eigenvalue weighted by Crippen LogP contribution is -2.17. The number of carbonyl (C=O) groups is 2. The Kier molecular flexibility index (Phi) is 5.57. The molecule has 10 heteroatoms. The van der Waals surface area contributed by atoms with E-state index in [-0.39, 0.29) is 12.2 Å². The van der Waals surface area contributed by atoms with E-state index in [0.29, 0.717) is 32.6 Å². The molecule has 0 saturated heterocycles. The second-order valence-electron chi connectivity index (χ2n) is 6.25. The number of nitrogens with one attached hydrogen (secondary N) is 1. The number of hydrogen-bond donors (Lipinski definition) is 1. The standard InChI is InChI=1S/C18H19ClN4O4S/c1-8-6-12(18(25)26-5)17(28-8)20-16(24)15-13(11(4)27-22-15)7-23-10(3)14(19)9(2)21-23/h6H,7H2,1-5H3,(H,20,24). The number of nitrogens with zero attached hydrogens (tertiary/aromatic N) is 3. The molecule has 0 saturated carbocycles. The van der Waals surface area contributed by atoms with Crippen LogP contribution in [0.3, 0.4) is 0 Å². The number of methoxy groups -OCH3 is 1. The average Bonchev–Trinajstić information content (AvgIpc) is 3.28. The zero-order valence-corrected chi connectivity index (χ0v) is 17.6. The van der Waals surface area contributed by atoms with Crippen molar-refractivity contribution in [3.8, 4) is 0 Å². The summed E-state index contributed by atoms with van der Waals surface area (Å²) in [7, 11) is 1.29. The van der Waals surface area contributed by atoms with E-state index in [1.165, 1.54) is 18.4 Å². The molecule has 1 N–H and O–H groups in total. The largest absolute Gasteiger partial charge is 0.465 e. The van der Waals surface area contributed by atoms with Crippen molar-refractivity contribution in [2.24, 2.45) is 0 Å². The zero-order chi connectivity index (χ0) is 20.6. The van der Waals surface area contributed by atoms with Crippen LogP contribution < -0.4 is 5.32 Å². The quantitative estimate of drug-likeness (QED) is 0.626. The average molecular weight is 423 g/mol. The predicted molar refractivity (Wildman–Crippen MR) is 105 cm³/mol. The van der Waals surface area contributed by atoms with Gasteiger partial charge in [-0.3, -0.25) is 9.48 Å². The first-order valence-corrected chi connectivity index (χ1v) is 9.57. The molecule has 3 aromatic heterocycles. The van der Waals surface area contributed by atoms with Crippen molar-refractivity contribution in [2.45, 2.75) is 34.2 Å². The van der Waals surface area contributed by atoms with Crippen LogP contribution in [0.15, 0.2) is 10.6 Å². The molecule has 0 atom stereocenters. The van der Waals surface area contributed by atoms with Crippen molar-refractivity contribution >= 4 is 39.8 Å². The highest BCUT2D eigenvalue weighted by atomic mass is 35.5. The fourth-order valence-electron chi connectivity index (χ4n) is 2.77. The third kappa shape index (κ3) is 3.67. The summed E-state index contributed by atoms with van der Waals surface area (Å²) in [4.78, 5) is 25.6. The predicted octanol–water partition coefficient (Wildman–Crippen LogP) is 3.91. The summed E-state index contributed by atoms with van der Waals surface area (Å²) < 4.78 is 11.7. The number of hydrogen-bond acceptors (Lipinski definition) is 7. The minimum absolute atomic E-state index is 0.128. The third-order valence-electron chi connectivity index (χ3n) is 4.29. The Balaban J connectivity index is 1.90. The molecule has 3 rings (SSSR count). The lowest BCUT2D eigenvalue weighted by atomic mass is 10.2. The molecule has 0 unspecified atom stereocenters. The van der Waals surface area contributed by atoms with Gasteiger partial charge in [-0.05, 0) is 33.8 Å². The van der Waals surface area contributed by atoms with Gasteiger partial charge in [0.1, 0.15) is 10.8 Å². The minimum atomic E-state index is -0.520. The minimum Gasteiger partial charge on any atom is -0.465 e. The molecule has 1 amide bonds. The Hall–Kier alpha value is -2.65. The lowest BCUT2D eigenvalue weighted by Gasteiger charge is -2.07. The Morgan fingerprint density at radius 2 is 2.04 bits per heavy atom. The summed E-state index contributed by atoms with van der Waals surface area (Å²) in [5.74, 6) is -0.496. The van der Waals surface area contributed by atoms with E-state index in [9.17, 15) is 9.59 Å². The molecule has 0 spiro atoms. The van der Waals surface area contributed by atoms with Crippen molar-refractivity contribution in [1.82, 2.24) is 14.9 Å². The van der Waals surface area contributed by atoms with Gasteiger partial charge in [0.15, 0.2) is 5.69 Å². The normalized spacial score (nSPS) is 10.9. The molecular weight excluding hydrogens is 404 g/mol. The molecule has 0 bridgehead atoms. The molecule has 0 radical (unpaired) electrons. The highest BCUT2D eigenvalue weighted by Crippen LogP contribution is 2.29. The van der Waals surface area contributed by atoms with Gasteiger partial charge >= 0.3 is 5.97 Å². The molecule has 148 valence electrons. The van der Waals surface area contributed by atoms with Gasteiger partial charge < -0.3 is 14.6 Å². The Bertz CT molecular complexity index is 1070. The van der Waals surface area contributed by atoms with E-state index >= 15 is 0 Å². The number of carbonyl (C=O) groups excluding carboxylic acids is 2. The van der Waals surface area contributed by atoms with Crippen LogP contribution in [0, 0.1) is 27.7 Å². The topological polar surface area (TPSA) is 99.2 Å². The van der Waals surface area contributed by atoms with Gasteiger partial charge in [-0.25, -0.2) is 4.79 Å². The molecule has 0 aliphatic heterocycles. The summed E-state index contributed by atoms with van der Waals surface area (Å²) in [5.41, 5.74) is 2.50. The van der Waals surface area contributed by atoms with Crippen molar-refractivity contribution < 1.29 is 18.8 Å². The monoisotopic (exact) mass is 422 g/mol. The number of aromatic nitrogens is 3. The number of anilines is 1. The first-order chi connectivity index (χ1) is 13.2. The smallest absolute Gasteiger partial charge is 0.340 e. The summed E-state index contributed by atoms with van der Waals surface area (Å²) in [6, 6.07) is 1.67. The van der Waals surface area contributed by atoms with Gasteiger partial charge in [-0.15, -0.1) is 11.3 Å².